The molecule has 0 saturated heterocycles. The summed E-state index contributed by atoms with van der Waals surface area (Å²) in [6.07, 6.45) is 5.12. The second-order valence-electron chi connectivity index (χ2n) is 7.41. The van der Waals surface area contributed by atoms with E-state index in [-0.39, 0.29) is 43.8 Å². The number of carbonyl (C=O) groups excluding carboxylic acids is 1. The fraction of sp³-hybridized carbons (Fsp3) is 0.125. The van der Waals surface area contributed by atoms with Crippen LogP contribution in [0.15, 0.2) is 76.0 Å². The third kappa shape index (κ3) is 5.03. The summed E-state index contributed by atoms with van der Waals surface area (Å²) in [5, 5.41) is 13.2. The Morgan fingerprint density at radius 3 is 2.51 bits per heavy atom. The van der Waals surface area contributed by atoms with Crippen LogP contribution in [0.4, 0.5) is 0 Å². The van der Waals surface area contributed by atoms with Crippen molar-refractivity contribution >= 4 is 34.5 Å². The summed E-state index contributed by atoms with van der Waals surface area (Å²) in [7, 11) is 0. The van der Waals surface area contributed by atoms with Crippen LogP contribution in [-0.2, 0) is 35.5 Å². The number of nitrogens with zero attached hydrogens (tertiary/aromatic N) is 3. The van der Waals surface area contributed by atoms with E-state index in [4.69, 9.17) is 16.1 Å². The molecule has 0 fully saturated rings. The van der Waals surface area contributed by atoms with Gasteiger partial charge in [0.2, 0.25) is 0 Å². The molecule has 2 aromatic heterocycles. The van der Waals surface area contributed by atoms with Gasteiger partial charge in [-0.05, 0) is 35.7 Å². The predicted molar refractivity (Wildman–Crippen MR) is 121 cm³/mol. The van der Waals surface area contributed by atoms with Crippen LogP contribution in [0.2, 0.25) is 0 Å². The van der Waals surface area contributed by atoms with Gasteiger partial charge in [0.15, 0.2) is 0 Å². The number of rotatable bonds is 1. The minimum absolute atomic E-state index is 0. The molecule has 3 aromatic rings. The average Bonchev–Trinajstić information content (AvgIpc) is 3.38. The molecule has 178 valence electrons. The molecule has 6 rings (SSSR count). The number of fused-ring (bicyclic) bond motifs is 7. The Kier molecular flexibility index (Phi) is 9.42. The number of para-hydroxylation sites is 1. The van der Waals surface area contributed by atoms with E-state index < -0.39 is 11.8 Å². The number of allylic oxidation sites excluding steroid dienone is 1. The molecule has 2 aliphatic heterocycles. The molecule has 0 bridgehead atoms. The van der Waals surface area contributed by atoms with Gasteiger partial charge in [0.25, 0.3) is 5.91 Å². The molecule has 5 N–H and O–H groups in total. The van der Waals surface area contributed by atoms with Gasteiger partial charge < -0.3 is 34.0 Å². The molecule has 0 saturated carbocycles. The van der Waals surface area contributed by atoms with Crippen LogP contribution in [0.3, 0.4) is 0 Å². The van der Waals surface area contributed by atoms with Gasteiger partial charge in [0, 0.05) is 52.7 Å². The number of amides is 1. The first-order chi connectivity index (χ1) is 16.1. The maximum Gasteiger partial charge on any atom is 2.00 e. The number of carbonyl (C=O) groups is 1. The van der Waals surface area contributed by atoms with E-state index in [1.807, 2.05) is 42.5 Å². The Bertz CT molecular complexity index is 1380. The Morgan fingerprint density at radius 2 is 1.86 bits per heavy atom. The van der Waals surface area contributed by atoms with Crippen LogP contribution >= 0.6 is 0 Å². The fourth-order valence-electron chi connectivity index (χ4n) is 4.25. The van der Waals surface area contributed by atoms with Gasteiger partial charge in [-0.2, -0.15) is 0 Å². The van der Waals surface area contributed by atoms with Crippen LogP contribution in [0.5, 0.6) is 0 Å². The second kappa shape index (κ2) is 11.8. The Balaban J connectivity index is 0.000000309. The average molecular weight is 576 g/mol. The van der Waals surface area contributed by atoms with Gasteiger partial charge in [-0.3, -0.25) is 14.8 Å². The monoisotopic (exact) mass is 576 g/mol. The zero-order valence-corrected chi connectivity index (χ0v) is 20.6. The SMILES string of the molecule is NC1=CC2C3=C(C(=O)N=C3[O-])c3c([nH]c4ccccc34)C2N=C1.NCc1ccccn1.[C-]#[O+].[Cl-].[Ru+2]. The molecular weight excluding hydrogens is 557 g/mol. The molecule has 1 amide bonds. The molecular formula is C24H19ClN6O3Ru. The third-order valence-corrected chi connectivity index (χ3v) is 5.56. The van der Waals surface area contributed by atoms with Crippen LogP contribution in [0, 0.1) is 12.6 Å². The zero-order valence-electron chi connectivity index (χ0n) is 18.1. The van der Waals surface area contributed by atoms with Crippen molar-refractivity contribution in [1.82, 2.24) is 9.97 Å². The summed E-state index contributed by atoms with van der Waals surface area (Å²) in [6.45, 7) is 5.03. The molecule has 2 atom stereocenters. The number of halogens is 1. The maximum atomic E-state index is 12.3. The van der Waals surface area contributed by atoms with Crippen LogP contribution in [0.25, 0.3) is 16.5 Å². The van der Waals surface area contributed by atoms with E-state index in [0.717, 1.165) is 27.9 Å². The van der Waals surface area contributed by atoms with E-state index in [2.05, 4.69) is 26.6 Å². The number of dihydropyridines is 1. The number of hydrogen-bond donors (Lipinski definition) is 3. The molecule has 9 nitrogen and oxygen atoms in total. The van der Waals surface area contributed by atoms with Crippen molar-refractivity contribution in [2.24, 2.45) is 27.4 Å². The largest absolute Gasteiger partial charge is 2.00 e. The first-order valence-corrected chi connectivity index (χ1v) is 10.0. The van der Waals surface area contributed by atoms with Gasteiger partial charge in [-0.15, -0.1) is 0 Å². The van der Waals surface area contributed by atoms with Crippen molar-refractivity contribution in [2.45, 2.75) is 12.6 Å². The molecule has 1 aromatic carbocycles. The number of H-pyrrole nitrogens is 1. The molecule has 35 heavy (non-hydrogen) atoms. The number of benzene rings is 1. The minimum Gasteiger partial charge on any atom is -1.00 e. The first kappa shape index (κ1) is 27.9. The van der Waals surface area contributed by atoms with Gasteiger partial charge >= 0.3 is 30.8 Å². The van der Waals surface area contributed by atoms with E-state index in [9.17, 15) is 9.90 Å². The Hall–Kier alpha value is -3.39. The number of nitrogens with two attached hydrogens (primary N) is 2. The van der Waals surface area contributed by atoms with Crippen molar-refractivity contribution in [2.75, 3.05) is 0 Å². The zero-order chi connectivity index (χ0) is 23.5. The topological polar surface area (TPSA) is 165 Å². The Labute approximate surface area is 220 Å². The summed E-state index contributed by atoms with van der Waals surface area (Å²) in [5.41, 5.74) is 15.9. The second-order valence-corrected chi connectivity index (χ2v) is 7.41. The van der Waals surface area contributed by atoms with Crippen LogP contribution < -0.4 is 29.0 Å². The molecule has 4 heterocycles. The normalized spacial score (nSPS) is 18.7. The number of aliphatic imine (C=N–C) groups is 2. The van der Waals surface area contributed by atoms with Crippen LogP contribution in [-0.4, -0.2) is 28.0 Å². The van der Waals surface area contributed by atoms with Crippen molar-refractivity contribution in [1.29, 1.82) is 0 Å². The van der Waals surface area contributed by atoms with Gasteiger partial charge in [0.1, 0.15) is 6.04 Å². The van der Waals surface area contributed by atoms with Crippen LogP contribution in [0.1, 0.15) is 23.0 Å². The number of aromatic amines is 1. The molecule has 1 aliphatic carbocycles. The summed E-state index contributed by atoms with van der Waals surface area (Å²) < 4.78 is 7.50. The molecule has 3 aliphatic rings. The van der Waals surface area contributed by atoms with Gasteiger partial charge in [0.05, 0.1) is 11.3 Å². The van der Waals surface area contributed by atoms with E-state index in [1.54, 1.807) is 18.5 Å². The number of aromatic nitrogens is 2. The fourth-order valence-corrected chi connectivity index (χ4v) is 4.25. The minimum atomic E-state index is -0.476. The van der Waals surface area contributed by atoms with E-state index in [1.165, 1.54) is 0 Å². The summed E-state index contributed by atoms with van der Waals surface area (Å²) in [5.74, 6) is -1.30. The molecule has 0 radical (unpaired) electrons. The summed E-state index contributed by atoms with van der Waals surface area (Å²) in [4.78, 5) is 27.8. The first-order valence-electron chi connectivity index (χ1n) is 10.0. The van der Waals surface area contributed by atoms with Crippen molar-refractivity contribution in [3.8, 4) is 0 Å². The Morgan fingerprint density at radius 1 is 1.14 bits per heavy atom. The summed E-state index contributed by atoms with van der Waals surface area (Å²) in [6, 6.07) is 13.1. The molecule has 2 unspecified atom stereocenters. The molecule has 0 spiro atoms. The quantitative estimate of drug-likeness (QED) is 0.179. The van der Waals surface area contributed by atoms with E-state index >= 15 is 0 Å². The number of nitrogens with one attached hydrogen (secondary N) is 1. The van der Waals surface area contributed by atoms with Gasteiger partial charge in [-0.25, -0.2) is 4.99 Å². The third-order valence-electron chi connectivity index (χ3n) is 5.56. The number of hydrogen-bond acceptors (Lipinski definition) is 6. The summed E-state index contributed by atoms with van der Waals surface area (Å²) >= 11 is 0. The van der Waals surface area contributed by atoms with Crippen molar-refractivity contribution in [3.05, 3.63) is 89.6 Å². The van der Waals surface area contributed by atoms with E-state index in [0.29, 0.717) is 23.4 Å². The standard InChI is InChI=1S/C17H12N4O2.C6H8N2.CO.ClH.Ru/c18-7-5-9-12-13(17(23)21-16(12)22)11-8-3-1-2-4-10(8)20-15(11)14(9)19-6-7;7-5-6-3-1-2-4-8-6;1-2;;/h1-6,9,14,20H,18H2,(H,21,22,23);1-4H,5,7H2;;1H;/q;;;;+2/p-2. The van der Waals surface area contributed by atoms with Gasteiger partial charge in [-0.1, -0.05) is 24.3 Å². The molecule has 11 heteroatoms. The predicted octanol–water partition coefficient (Wildman–Crippen LogP) is -1.68. The van der Waals surface area contributed by atoms with Crippen molar-refractivity contribution < 1.29 is 46.4 Å². The maximum absolute atomic E-state index is 12.3. The smallest absolute Gasteiger partial charge is 1.00 e. The number of pyridine rings is 1. The van der Waals surface area contributed by atoms with Crippen molar-refractivity contribution in [3.63, 3.8) is 0 Å².